The number of benzene rings is 2. The third kappa shape index (κ3) is 6.38. The van der Waals surface area contributed by atoms with Crippen LogP contribution in [0.1, 0.15) is 69.4 Å². The van der Waals surface area contributed by atoms with E-state index in [0.29, 0.717) is 24.1 Å². The van der Waals surface area contributed by atoms with E-state index in [4.69, 9.17) is 0 Å². The van der Waals surface area contributed by atoms with Crippen LogP contribution in [-0.2, 0) is 16.6 Å². The van der Waals surface area contributed by atoms with Crippen molar-refractivity contribution in [3.05, 3.63) is 65.7 Å². The number of aromatic hydroxyl groups is 1. The van der Waals surface area contributed by atoms with Crippen molar-refractivity contribution < 1.29 is 9.90 Å². The molecule has 2 aromatic carbocycles. The van der Waals surface area contributed by atoms with Gasteiger partial charge in [0.25, 0.3) is 0 Å². The van der Waals surface area contributed by atoms with Gasteiger partial charge in [0.05, 0.1) is 0 Å². The van der Waals surface area contributed by atoms with Crippen molar-refractivity contribution in [3.63, 3.8) is 0 Å². The highest BCUT2D eigenvalue weighted by Gasteiger charge is 2.51. The molecule has 2 N–H and O–H groups in total. The van der Waals surface area contributed by atoms with Gasteiger partial charge >= 0.3 is 0 Å². The van der Waals surface area contributed by atoms with Crippen LogP contribution < -0.4 is 5.32 Å². The van der Waals surface area contributed by atoms with Crippen LogP contribution in [0.5, 0.6) is 5.75 Å². The van der Waals surface area contributed by atoms with Gasteiger partial charge in [-0.15, -0.1) is 0 Å². The normalized spacial score (nSPS) is 28.6. The highest BCUT2D eigenvalue weighted by Crippen LogP contribution is 2.50. The first-order valence-electron chi connectivity index (χ1n) is 14.6. The number of hydrogen-bond acceptors (Lipinski definition) is 4. The molecule has 1 aliphatic carbocycles. The third-order valence-electron chi connectivity index (χ3n) is 9.38. The zero-order chi connectivity index (χ0) is 25.7. The maximum absolute atomic E-state index is 13.1. The summed E-state index contributed by atoms with van der Waals surface area (Å²) in [7, 11) is 0. The Morgan fingerprint density at radius 3 is 2.62 bits per heavy atom. The lowest BCUT2D eigenvalue weighted by Gasteiger charge is -2.56. The minimum atomic E-state index is -0.0115. The molecule has 37 heavy (non-hydrogen) atoms. The van der Waals surface area contributed by atoms with Gasteiger partial charge in [0.2, 0.25) is 5.91 Å². The van der Waals surface area contributed by atoms with E-state index in [9.17, 15) is 9.90 Å². The van der Waals surface area contributed by atoms with Crippen molar-refractivity contribution in [2.45, 2.75) is 82.2 Å². The second-order valence-electron chi connectivity index (χ2n) is 11.9. The van der Waals surface area contributed by atoms with Gasteiger partial charge in [0.15, 0.2) is 0 Å². The van der Waals surface area contributed by atoms with E-state index in [1.54, 1.807) is 6.07 Å². The molecule has 3 aliphatic rings. The quantitative estimate of drug-likeness (QED) is 0.498. The summed E-state index contributed by atoms with van der Waals surface area (Å²) < 4.78 is 0. The molecule has 0 aromatic heterocycles. The van der Waals surface area contributed by atoms with Crippen molar-refractivity contribution in [2.24, 2.45) is 5.92 Å². The van der Waals surface area contributed by atoms with Crippen LogP contribution >= 0.6 is 0 Å². The van der Waals surface area contributed by atoms with Crippen LogP contribution in [0, 0.1) is 5.92 Å². The molecule has 0 spiro atoms. The van der Waals surface area contributed by atoms with E-state index < -0.39 is 0 Å². The number of piperidine rings is 2. The number of fused-ring (bicyclic) bond motifs is 2. The number of carbonyl (C=O) groups is 1. The minimum Gasteiger partial charge on any atom is -0.508 e. The fraction of sp³-hybridized carbons (Fsp3) is 0.594. The van der Waals surface area contributed by atoms with Gasteiger partial charge in [-0.25, -0.2) is 0 Å². The SMILES string of the molecule is CC1CN(CCCc2ccccc2)C2C[C@H](NC(=O)CCN3CCCCC3)CC1(c1cccc(O)c1)C2. The summed E-state index contributed by atoms with van der Waals surface area (Å²) in [6.45, 7) is 7.69. The Balaban J connectivity index is 1.27. The Labute approximate surface area is 223 Å². The second kappa shape index (κ2) is 12.0. The zero-order valence-electron chi connectivity index (χ0n) is 22.6. The minimum absolute atomic E-state index is 0.0115. The first-order valence-corrected chi connectivity index (χ1v) is 14.6. The molecule has 2 heterocycles. The van der Waals surface area contributed by atoms with E-state index in [1.807, 2.05) is 12.1 Å². The molecule has 0 radical (unpaired) electrons. The van der Waals surface area contributed by atoms with Gasteiger partial charge in [-0.3, -0.25) is 9.69 Å². The number of phenols is 1. The lowest BCUT2D eigenvalue weighted by atomic mass is 9.57. The van der Waals surface area contributed by atoms with E-state index >= 15 is 0 Å². The van der Waals surface area contributed by atoms with E-state index in [1.165, 1.54) is 30.4 Å². The Bertz CT molecular complexity index is 1020. The molecule has 1 amide bonds. The Morgan fingerprint density at radius 1 is 1.03 bits per heavy atom. The first kappa shape index (κ1) is 26.2. The van der Waals surface area contributed by atoms with Gasteiger partial charge in [0.1, 0.15) is 5.75 Å². The van der Waals surface area contributed by atoms with Crippen LogP contribution in [0.25, 0.3) is 0 Å². The van der Waals surface area contributed by atoms with Crippen molar-refractivity contribution in [1.29, 1.82) is 0 Å². The Hall–Kier alpha value is -2.37. The largest absolute Gasteiger partial charge is 0.508 e. The van der Waals surface area contributed by atoms with Crippen LogP contribution in [0.3, 0.4) is 0 Å². The first-order chi connectivity index (χ1) is 18.0. The maximum Gasteiger partial charge on any atom is 0.221 e. The molecule has 2 bridgehead atoms. The zero-order valence-corrected chi connectivity index (χ0v) is 22.6. The number of phenolic OH excluding ortho intramolecular Hbond substituents is 1. The molecule has 2 saturated heterocycles. The summed E-state index contributed by atoms with van der Waals surface area (Å²) in [5.74, 6) is 0.994. The summed E-state index contributed by atoms with van der Waals surface area (Å²) >= 11 is 0. The molecule has 4 atom stereocenters. The number of amides is 1. The number of carbonyl (C=O) groups excluding carboxylic acids is 1. The second-order valence-corrected chi connectivity index (χ2v) is 11.9. The van der Waals surface area contributed by atoms with Crippen molar-refractivity contribution in [3.8, 4) is 5.75 Å². The van der Waals surface area contributed by atoms with Gasteiger partial charge in [-0.05, 0) is 93.8 Å². The van der Waals surface area contributed by atoms with Crippen LogP contribution in [0.15, 0.2) is 54.6 Å². The van der Waals surface area contributed by atoms with Crippen molar-refractivity contribution in [2.75, 3.05) is 32.7 Å². The smallest absolute Gasteiger partial charge is 0.221 e. The maximum atomic E-state index is 13.1. The topological polar surface area (TPSA) is 55.8 Å². The molecule has 5 heteroatoms. The fourth-order valence-corrected chi connectivity index (χ4v) is 7.39. The van der Waals surface area contributed by atoms with Gasteiger partial charge in [0, 0.05) is 37.0 Å². The molecule has 200 valence electrons. The summed E-state index contributed by atoms with van der Waals surface area (Å²) in [5.41, 5.74) is 2.63. The lowest BCUT2D eigenvalue weighted by Crippen LogP contribution is -2.61. The summed E-state index contributed by atoms with van der Waals surface area (Å²) in [6, 6.07) is 19.3. The molecule has 5 nitrogen and oxygen atoms in total. The number of nitrogens with zero attached hydrogens (tertiary/aromatic N) is 2. The standard InChI is InChI=1S/C32H45N3O2/c1-25-24-35(18-9-12-26-10-4-2-5-11-26)29-21-28(33-31(37)15-19-34-16-6-3-7-17-34)22-32(25,23-29)27-13-8-14-30(36)20-27/h2,4-5,8,10-11,13-14,20,25,28-29,36H,3,6-7,9,12,15-19,21-24H2,1H3,(H,33,37)/t25?,28-,29?,32?/m0/s1. The summed E-state index contributed by atoms with van der Waals surface area (Å²) in [4.78, 5) is 18.2. The van der Waals surface area contributed by atoms with Crippen LogP contribution in [0.2, 0.25) is 0 Å². The van der Waals surface area contributed by atoms with E-state index in [2.05, 4.69) is 58.4 Å². The molecule has 3 fully saturated rings. The molecule has 5 rings (SSSR count). The van der Waals surface area contributed by atoms with Crippen molar-refractivity contribution in [1.82, 2.24) is 15.1 Å². The summed E-state index contributed by atoms with van der Waals surface area (Å²) in [5, 5.41) is 13.8. The van der Waals surface area contributed by atoms with Gasteiger partial charge in [-0.2, -0.15) is 0 Å². The number of aryl methyl sites for hydroxylation is 1. The van der Waals surface area contributed by atoms with Crippen LogP contribution in [-0.4, -0.2) is 65.6 Å². The van der Waals surface area contributed by atoms with E-state index in [0.717, 1.165) is 64.8 Å². The number of hydrogen-bond donors (Lipinski definition) is 2. The monoisotopic (exact) mass is 503 g/mol. The van der Waals surface area contributed by atoms with Gasteiger partial charge < -0.3 is 15.3 Å². The highest BCUT2D eigenvalue weighted by molar-refractivity contribution is 5.76. The average molecular weight is 504 g/mol. The highest BCUT2D eigenvalue weighted by atomic mass is 16.3. The Morgan fingerprint density at radius 2 is 1.84 bits per heavy atom. The fourth-order valence-electron chi connectivity index (χ4n) is 7.39. The van der Waals surface area contributed by atoms with E-state index in [-0.39, 0.29) is 17.4 Å². The molecule has 2 aliphatic heterocycles. The number of nitrogens with one attached hydrogen (secondary N) is 1. The lowest BCUT2D eigenvalue weighted by molar-refractivity contribution is -0.123. The molecule has 3 unspecified atom stereocenters. The summed E-state index contributed by atoms with van der Waals surface area (Å²) in [6.07, 6.45) is 9.78. The van der Waals surface area contributed by atoms with Crippen LogP contribution in [0.4, 0.5) is 0 Å². The molecular weight excluding hydrogens is 458 g/mol. The molecular formula is C32H45N3O2. The Kier molecular flexibility index (Phi) is 8.51. The third-order valence-corrected chi connectivity index (χ3v) is 9.38. The number of likely N-dealkylation sites (tertiary alicyclic amines) is 2. The predicted octanol–water partition coefficient (Wildman–Crippen LogP) is 5.13. The van der Waals surface area contributed by atoms with Crippen molar-refractivity contribution >= 4 is 5.91 Å². The molecule has 2 aromatic rings. The molecule has 1 saturated carbocycles. The number of rotatable bonds is 9. The predicted molar refractivity (Wildman–Crippen MR) is 150 cm³/mol. The average Bonchev–Trinajstić information content (AvgIpc) is 2.91. The van der Waals surface area contributed by atoms with Gasteiger partial charge in [-0.1, -0.05) is 55.8 Å².